The fourth-order valence-corrected chi connectivity index (χ4v) is 1.58. The van der Waals surface area contributed by atoms with Gasteiger partial charge in [0.15, 0.2) is 0 Å². The molecule has 0 saturated heterocycles. The molecule has 0 fully saturated rings. The number of allylic oxidation sites excluding steroid dienone is 1. The molecule has 1 aromatic heterocycles. The third-order valence-corrected chi connectivity index (χ3v) is 2.36. The van der Waals surface area contributed by atoms with Crippen LogP contribution < -0.4 is 0 Å². The number of imidazole rings is 1. The van der Waals surface area contributed by atoms with Gasteiger partial charge in [0.1, 0.15) is 5.82 Å². The van der Waals surface area contributed by atoms with Crippen LogP contribution in [0.25, 0.3) is 5.57 Å². The lowest BCUT2D eigenvalue weighted by Crippen LogP contribution is -1.97. The van der Waals surface area contributed by atoms with Crippen LogP contribution in [0.15, 0.2) is 48.8 Å². The maximum atomic E-state index is 8.82. The molecule has 1 heterocycles. The van der Waals surface area contributed by atoms with Crippen molar-refractivity contribution < 1.29 is 0 Å². The smallest absolute Gasteiger partial charge is 0.140 e. The minimum atomic E-state index is 0.799. The highest BCUT2D eigenvalue weighted by Gasteiger charge is 2.08. The summed E-state index contributed by atoms with van der Waals surface area (Å²) in [6.07, 6.45) is 5.12. The van der Waals surface area contributed by atoms with Crippen LogP contribution >= 0.6 is 0 Å². The van der Waals surface area contributed by atoms with Gasteiger partial charge in [0.2, 0.25) is 0 Å². The van der Waals surface area contributed by atoms with Gasteiger partial charge in [0, 0.05) is 31.1 Å². The second-order valence-electron chi connectivity index (χ2n) is 3.41. The van der Waals surface area contributed by atoms with Crippen molar-refractivity contribution in [1.82, 2.24) is 9.55 Å². The highest BCUT2D eigenvalue weighted by atomic mass is 15.0. The van der Waals surface area contributed by atoms with Gasteiger partial charge in [-0.25, -0.2) is 4.98 Å². The molecular weight excluding hydrogens is 198 g/mol. The van der Waals surface area contributed by atoms with E-state index in [0.29, 0.717) is 0 Å². The van der Waals surface area contributed by atoms with Gasteiger partial charge in [-0.2, -0.15) is 5.26 Å². The number of hydrogen-bond acceptors (Lipinski definition) is 2. The van der Waals surface area contributed by atoms with E-state index in [1.54, 1.807) is 6.20 Å². The lowest BCUT2D eigenvalue weighted by Gasteiger charge is -2.06. The number of hydrogen-bond donors (Lipinski definition) is 0. The van der Waals surface area contributed by atoms with E-state index >= 15 is 0 Å². The van der Waals surface area contributed by atoms with Gasteiger partial charge in [-0.1, -0.05) is 30.3 Å². The first-order chi connectivity index (χ1) is 7.83. The average molecular weight is 209 g/mol. The molecular formula is C13H11N3. The van der Waals surface area contributed by atoms with Gasteiger partial charge in [0.25, 0.3) is 0 Å². The molecule has 2 aromatic rings. The molecule has 0 spiro atoms. The molecule has 1 aromatic carbocycles. The molecule has 0 aliphatic heterocycles. The predicted molar refractivity (Wildman–Crippen MR) is 62.3 cm³/mol. The van der Waals surface area contributed by atoms with Crippen molar-refractivity contribution in [1.29, 1.82) is 5.26 Å². The molecule has 0 amide bonds. The molecule has 0 radical (unpaired) electrons. The molecule has 78 valence electrons. The summed E-state index contributed by atoms with van der Waals surface area (Å²) in [4.78, 5) is 4.25. The quantitative estimate of drug-likeness (QED) is 0.712. The largest absolute Gasteiger partial charge is 0.334 e. The Morgan fingerprint density at radius 3 is 2.69 bits per heavy atom. The maximum absolute atomic E-state index is 8.82. The van der Waals surface area contributed by atoms with E-state index in [0.717, 1.165) is 17.0 Å². The number of nitriles is 1. The number of rotatable bonds is 2. The van der Waals surface area contributed by atoms with Gasteiger partial charge in [0.05, 0.1) is 6.07 Å². The fourth-order valence-electron chi connectivity index (χ4n) is 1.58. The number of nitrogens with zero attached hydrogens (tertiary/aromatic N) is 3. The van der Waals surface area contributed by atoms with Crippen molar-refractivity contribution in [2.45, 2.75) is 0 Å². The van der Waals surface area contributed by atoms with Gasteiger partial charge >= 0.3 is 0 Å². The van der Waals surface area contributed by atoms with Crippen LogP contribution in [0.3, 0.4) is 0 Å². The van der Waals surface area contributed by atoms with E-state index in [9.17, 15) is 0 Å². The summed E-state index contributed by atoms with van der Waals surface area (Å²) in [5.74, 6) is 0.799. The summed E-state index contributed by atoms with van der Waals surface area (Å²) in [6, 6.07) is 11.9. The molecule has 0 atom stereocenters. The topological polar surface area (TPSA) is 41.6 Å². The van der Waals surface area contributed by atoms with Crippen LogP contribution in [-0.2, 0) is 7.05 Å². The van der Waals surface area contributed by atoms with Gasteiger partial charge in [-0.3, -0.25) is 0 Å². The number of aryl methyl sites for hydroxylation is 1. The van der Waals surface area contributed by atoms with Crippen LogP contribution in [0.5, 0.6) is 0 Å². The molecule has 3 heteroatoms. The Kier molecular flexibility index (Phi) is 2.84. The van der Waals surface area contributed by atoms with Gasteiger partial charge in [-0.05, 0) is 5.56 Å². The summed E-state index contributed by atoms with van der Waals surface area (Å²) < 4.78 is 1.90. The molecule has 16 heavy (non-hydrogen) atoms. The van der Waals surface area contributed by atoms with Crippen molar-refractivity contribution in [2.24, 2.45) is 7.05 Å². The highest BCUT2D eigenvalue weighted by Crippen LogP contribution is 2.20. The number of benzene rings is 1. The average Bonchev–Trinajstić information content (AvgIpc) is 2.73. The SMILES string of the molecule is Cn1ccnc1/C(=C/C#N)c1ccccc1. The standard InChI is InChI=1S/C13H11N3/c1-16-10-9-15-13(16)12(7-8-14)11-5-3-2-4-6-11/h2-7,9-10H,1H3/b12-7+. The van der Waals surface area contributed by atoms with Crippen molar-refractivity contribution in [3.63, 3.8) is 0 Å². The molecule has 0 N–H and O–H groups in total. The van der Waals surface area contributed by atoms with E-state index < -0.39 is 0 Å². The zero-order valence-electron chi connectivity index (χ0n) is 8.96. The lowest BCUT2D eigenvalue weighted by molar-refractivity contribution is 0.891. The van der Waals surface area contributed by atoms with E-state index in [1.807, 2.05) is 48.1 Å². The van der Waals surface area contributed by atoms with Gasteiger partial charge < -0.3 is 4.57 Å². The minimum absolute atomic E-state index is 0.799. The zero-order valence-corrected chi connectivity index (χ0v) is 8.96. The molecule has 0 aliphatic rings. The van der Waals surface area contributed by atoms with Crippen LogP contribution in [0.4, 0.5) is 0 Å². The molecule has 0 saturated carbocycles. The Morgan fingerprint density at radius 1 is 1.38 bits per heavy atom. The maximum Gasteiger partial charge on any atom is 0.140 e. The second kappa shape index (κ2) is 4.45. The summed E-state index contributed by atoms with van der Waals surface area (Å²) in [7, 11) is 1.91. The minimum Gasteiger partial charge on any atom is -0.334 e. The van der Waals surface area contributed by atoms with E-state index in [4.69, 9.17) is 5.26 Å². The molecule has 0 unspecified atom stereocenters. The molecule has 2 rings (SSSR count). The number of aromatic nitrogens is 2. The summed E-state index contributed by atoms with van der Waals surface area (Å²) >= 11 is 0. The van der Waals surface area contributed by atoms with Crippen LogP contribution in [0.1, 0.15) is 11.4 Å². The Labute approximate surface area is 94.3 Å². The van der Waals surface area contributed by atoms with Crippen LogP contribution in [0.2, 0.25) is 0 Å². The Hall–Kier alpha value is -2.34. The second-order valence-corrected chi connectivity index (χ2v) is 3.41. The summed E-state index contributed by atoms with van der Waals surface area (Å²) in [6.45, 7) is 0. The molecule has 0 aliphatic carbocycles. The van der Waals surface area contributed by atoms with Crippen molar-refractivity contribution in [2.75, 3.05) is 0 Å². The fraction of sp³-hybridized carbons (Fsp3) is 0.0769. The van der Waals surface area contributed by atoms with Crippen molar-refractivity contribution in [3.8, 4) is 6.07 Å². The third kappa shape index (κ3) is 1.86. The highest BCUT2D eigenvalue weighted by molar-refractivity contribution is 5.77. The van der Waals surface area contributed by atoms with E-state index in [-0.39, 0.29) is 0 Å². The van der Waals surface area contributed by atoms with Crippen molar-refractivity contribution in [3.05, 3.63) is 60.2 Å². The first-order valence-electron chi connectivity index (χ1n) is 4.96. The first kappa shape index (κ1) is 10.2. The lowest BCUT2D eigenvalue weighted by atomic mass is 10.1. The molecule has 0 bridgehead atoms. The van der Waals surface area contributed by atoms with Crippen LogP contribution in [-0.4, -0.2) is 9.55 Å². The first-order valence-corrected chi connectivity index (χ1v) is 4.96. The van der Waals surface area contributed by atoms with Crippen molar-refractivity contribution >= 4 is 5.57 Å². The monoisotopic (exact) mass is 209 g/mol. The van der Waals surface area contributed by atoms with E-state index in [1.165, 1.54) is 6.08 Å². The van der Waals surface area contributed by atoms with E-state index in [2.05, 4.69) is 11.1 Å². The predicted octanol–water partition coefficient (Wildman–Crippen LogP) is 2.38. The molecule has 3 nitrogen and oxygen atoms in total. The third-order valence-electron chi connectivity index (χ3n) is 2.36. The summed E-state index contributed by atoms with van der Waals surface area (Å²) in [5, 5.41) is 8.82. The zero-order chi connectivity index (χ0) is 11.4. The summed E-state index contributed by atoms with van der Waals surface area (Å²) in [5.41, 5.74) is 1.84. The Morgan fingerprint density at radius 2 is 2.12 bits per heavy atom. The Bertz CT molecular complexity index is 544. The van der Waals surface area contributed by atoms with Gasteiger partial charge in [-0.15, -0.1) is 0 Å². The van der Waals surface area contributed by atoms with Crippen LogP contribution in [0, 0.1) is 11.3 Å². The normalized spacial score (nSPS) is 11.1. The Balaban J connectivity index is 2.54.